The average molecular weight is 223 g/mol. The summed E-state index contributed by atoms with van der Waals surface area (Å²) < 4.78 is 4.97. The summed E-state index contributed by atoms with van der Waals surface area (Å²) in [5, 5.41) is 1.13. The van der Waals surface area contributed by atoms with Crippen molar-refractivity contribution in [2.24, 2.45) is 0 Å². The molecule has 0 fully saturated rings. The second-order valence-corrected chi connectivity index (χ2v) is 3.67. The number of aryl methyl sites for hydroxylation is 1. The molecule has 0 saturated heterocycles. The van der Waals surface area contributed by atoms with Gasteiger partial charge in [0.05, 0.1) is 5.56 Å². The summed E-state index contributed by atoms with van der Waals surface area (Å²) in [6.07, 6.45) is 0.622. The van der Waals surface area contributed by atoms with Crippen LogP contribution in [0.2, 0.25) is 5.02 Å². The topological polar surface area (TPSA) is 47.3 Å². The highest BCUT2D eigenvalue weighted by Crippen LogP contribution is 2.24. The van der Waals surface area contributed by atoms with Gasteiger partial charge in [0.15, 0.2) is 6.29 Å². The molecule has 76 valence electrons. The van der Waals surface area contributed by atoms with Crippen molar-refractivity contribution in [2.45, 2.75) is 6.92 Å². The van der Waals surface area contributed by atoms with Gasteiger partial charge < -0.3 is 4.42 Å². The molecule has 0 atom stereocenters. The van der Waals surface area contributed by atoms with Crippen LogP contribution in [0, 0.1) is 6.92 Å². The second kappa shape index (κ2) is 3.51. The fraction of sp³-hybridized carbons (Fsp3) is 0.0909. The predicted octanol–water partition coefficient (Wildman–Crippen LogP) is 2.57. The van der Waals surface area contributed by atoms with Gasteiger partial charge in [0, 0.05) is 16.5 Å². The van der Waals surface area contributed by atoms with Gasteiger partial charge in [-0.3, -0.25) is 4.79 Å². The number of rotatable bonds is 1. The number of halogens is 1. The third-order valence-electron chi connectivity index (χ3n) is 2.17. The molecule has 15 heavy (non-hydrogen) atoms. The third kappa shape index (κ3) is 1.66. The number of benzene rings is 1. The standard InChI is InChI=1S/C11H7ClO3/c1-6-2-10(14)15-11-7(5-13)3-8(12)4-9(6)11/h2-5H,1H3. The van der Waals surface area contributed by atoms with Gasteiger partial charge in [-0.15, -0.1) is 0 Å². The monoisotopic (exact) mass is 222 g/mol. The van der Waals surface area contributed by atoms with Crippen LogP contribution in [0.1, 0.15) is 15.9 Å². The largest absolute Gasteiger partial charge is 0.422 e. The molecule has 0 spiro atoms. The van der Waals surface area contributed by atoms with Crippen LogP contribution in [0.4, 0.5) is 0 Å². The molecule has 0 aliphatic heterocycles. The van der Waals surface area contributed by atoms with E-state index >= 15 is 0 Å². The number of carbonyl (C=O) groups excluding carboxylic acids is 1. The van der Waals surface area contributed by atoms with E-state index < -0.39 is 5.63 Å². The van der Waals surface area contributed by atoms with Crippen LogP contribution in [-0.2, 0) is 0 Å². The zero-order valence-corrected chi connectivity index (χ0v) is 8.67. The van der Waals surface area contributed by atoms with Crippen molar-refractivity contribution in [3.63, 3.8) is 0 Å². The summed E-state index contributed by atoms with van der Waals surface area (Å²) in [7, 11) is 0. The van der Waals surface area contributed by atoms with Crippen LogP contribution >= 0.6 is 11.6 Å². The van der Waals surface area contributed by atoms with Crippen LogP contribution in [0.15, 0.2) is 27.4 Å². The number of hydrogen-bond donors (Lipinski definition) is 0. The van der Waals surface area contributed by atoms with Crippen molar-refractivity contribution < 1.29 is 9.21 Å². The van der Waals surface area contributed by atoms with E-state index in [1.54, 1.807) is 13.0 Å². The quantitative estimate of drug-likeness (QED) is 0.550. The van der Waals surface area contributed by atoms with E-state index in [0.29, 0.717) is 27.8 Å². The Morgan fingerprint density at radius 3 is 2.73 bits per heavy atom. The molecule has 0 saturated carbocycles. The number of carbonyl (C=O) groups is 1. The van der Waals surface area contributed by atoms with E-state index in [-0.39, 0.29) is 0 Å². The molecule has 2 aromatic rings. The average Bonchev–Trinajstić information content (AvgIpc) is 2.18. The van der Waals surface area contributed by atoms with Gasteiger partial charge in [0.1, 0.15) is 5.58 Å². The minimum absolute atomic E-state index is 0.290. The normalized spacial score (nSPS) is 10.5. The Hall–Kier alpha value is -1.61. The van der Waals surface area contributed by atoms with Crippen LogP contribution < -0.4 is 5.63 Å². The lowest BCUT2D eigenvalue weighted by molar-refractivity contribution is 0.112. The summed E-state index contributed by atoms with van der Waals surface area (Å²) in [4.78, 5) is 21.9. The smallest absolute Gasteiger partial charge is 0.336 e. The fourth-order valence-electron chi connectivity index (χ4n) is 1.49. The van der Waals surface area contributed by atoms with Crippen molar-refractivity contribution in [2.75, 3.05) is 0 Å². The molecule has 4 heteroatoms. The van der Waals surface area contributed by atoms with Crippen LogP contribution in [0.25, 0.3) is 11.0 Å². The molecular weight excluding hydrogens is 216 g/mol. The van der Waals surface area contributed by atoms with Crippen LogP contribution in [-0.4, -0.2) is 6.29 Å². The minimum Gasteiger partial charge on any atom is -0.422 e. The van der Waals surface area contributed by atoms with E-state index in [4.69, 9.17) is 16.0 Å². The highest BCUT2D eigenvalue weighted by Gasteiger charge is 2.08. The maximum absolute atomic E-state index is 11.1. The van der Waals surface area contributed by atoms with Gasteiger partial charge in [0.2, 0.25) is 0 Å². The number of aldehydes is 1. The summed E-state index contributed by atoms with van der Waals surface area (Å²) >= 11 is 5.84. The Kier molecular flexibility index (Phi) is 2.32. The minimum atomic E-state index is -0.467. The third-order valence-corrected chi connectivity index (χ3v) is 2.39. The summed E-state index contributed by atoms with van der Waals surface area (Å²) in [5.74, 6) is 0. The first kappa shape index (κ1) is 9.93. The molecular formula is C11H7ClO3. The van der Waals surface area contributed by atoms with Crippen LogP contribution in [0.5, 0.6) is 0 Å². The fourth-order valence-corrected chi connectivity index (χ4v) is 1.72. The van der Waals surface area contributed by atoms with Gasteiger partial charge in [-0.25, -0.2) is 4.79 Å². The Morgan fingerprint density at radius 1 is 1.33 bits per heavy atom. The van der Waals surface area contributed by atoms with Crippen molar-refractivity contribution >= 4 is 28.9 Å². The molecule has 1 heterocycles. The van der Waals surface area contributed by atoms with Crippen LogP contribution in [0.3, 0.4) is 0 Å². The number of fused-ring (bicyclic) bond motifs is 1. The molecule has 1 aromatic carbocycles. The van der Waals surface area contributed by atoms with Gasteiger partial charge in [-0.05, 0) is 24.6 Å². The summed E-state index contributed by atoms with van der Waals surface area (Å²) in [5.41, 5.74) is 0.856. The van der Waals surface area contributed by atoms with Crippen molar-refractivity contribution in [3.05, 3.63) is 44.8 Å². The maximum atomic E-state index is 11.1. The summed E-state index contributed by atoms with van der Waals surface area (Å²) in [6.45, 7) is 1.77. The van der Waals surface area contributed by atoms with E-state index in [0.717, 1.165) is 5.56 Å². The molecule has 0 N–H and O–H groups in total. The van der Waals surface area contributed by atoms with Crippen molar-refractivity contribution in [3.8, 4) is 0 Å². The Labute approximate surface area is 90.3 Å². The number of hydrogen-bond acceptors (Lipinski definition) is 3. The SMILES string of the molecule is Cc1cc(=O)oc2c(C=O)cc(Cl)cc12. The lowest BCUT2D eigenvalue weighted by atomic mass is 10.1. The lowest BCUT2D eigenvalue weighted by Gasteiger charge is -2.02. The first-order chi connectivity index (χ1) is 7.11. The molecule has 2 rings (SSSR count). The van der Waals surface area contributed by atoms with Crippen molar-refractivity contribution in [1.82, 2.24) is 0 Å². The Balaban J connectivity index is 3.02. The first-order valence-electron chi connectivity index (χ1n) is 4.31. The molecule has 0 aliphatic rings. The van der Waals surface area contributed by atoms with Gasteiger partial charge in [-0.1, -0.05) is 11.6 Å². The van der Waals surface area contributed by atoms with E-state index in [1.807, 2.05) is 0 Å². The zero-order chi connectivity index (χ0) is 11.0. The van der Waals surface area contributed by atoms with E-state index in [1.165, 1.54) is 12.1 Å². The lowest BCUT2D eigenvalue weighted by Crippen LogP contribution is -1.99. The van der Waals surface area contributed by atoms with E-state index in [2.05, 4.69) is 0 Å². The highest BCUT2D eigenvalue weighted by molar-refractivity contribution is 6.31. The second-order valence-electron chi connectivity index (χ2n) is 3.24. The molecule has 0 aliphatic carbocycles. The first-order valence-corrected chi connectivity index (χ1v) is 4.69. The molecule has 3 nitrogen and oxygen atoms in total. The van der Waals surface area contributed by atoms with Gasteiger partial charge in [0.25, 0.3) is 0 Å². The molecule has 0 unspecified atom stereocenters. The molecule has 0 bridgehead atoms. The van der Waals surface area contributed by atoms with Gasteiger partial charge >= 0.3 is 5.63 Å². The molecule has 0 amide bonds. The summed E-state index contributed by atoms with van der Waals surface area (Å²) in [6, 6.07) is 4.51. The van der Waals surface area contributed by atoms with E-state index in [9.17, 15) is 9.59 Å². The Bertz CT molecular complexity index is 599. The Morgan fingerprint density at radius 2 is 2.07 bits per heavy atom. The van der Waals surface area contributed by atoms with Crippen molar-refractivity contribution in [1.29, 1.82) is 0 Å². The highest BCUT2D eigenvalue weighted by atomic mass is 35.5. The zero-order valence-electron chi connectivity index (χ0n) is 7.91. The molecule has 1 aromatic heterocycles. The maximum Gasteiger partial charge on any atom is 0.336 e. The predicted molar refractivity (Wildman–Crippen MR) is 57.6 cm³/mol. The molecule has 0 radical (unpaired) electrons. The van der Waals surface area contributed by atoms with Gasteiger partial charge in [-0.2, -0.15) is 0 Å².